The van der Waals surface area contributed by atoms with E-state index in [-0.39, 0.29) is 0 Å². The van der Waals surface area contributed by atoms with Crippen LogP contribution >= 0.6 is 11.8 Å². The molecule has 0 radical (unpaired) electrons. The van der Waals surface area contributed by atoms with Gasteiger partial charge in [-0.15, -0.1) is 5.10 Å². The smallest absolute Gasteiger partial charge is 0.209 e. The molecule has 3 rings (SSSR count). The molecule has 1 aromatic rings. The summed E-state index contributed by atoms with van der Waals surface area (Å²) >= 11 is 1.90. The first kappa shape index (κ1) is 15.3. The Kier molecular flexibility index (Phi) is 5.16. The number of hydrogen-bond donors (Lipinski definition) is 1. The lowest BCUT2D eigenvalue weighted by molar-refractivity contribution is 0.319. The summed E-state index contributed by atoms with van der Waals surface area (Å²) < 4.78 is 2.10. The van der Waals surface area contributed by atoms with Crippen molar-refractivity contribution in [1.29, 1.82) is 0 Å². The summed E-state index contributed by atoms with van der Waals surface area (Å²) in [5.41, 5.74) is 0. The third-order valence-corrected chi connectivity index (χ3v) is 6.21. The van der Waals surface area contributed by atoms with Crippen LogP contribution in [0.3, 0.4) is 0 Å². The molecular weight excluding hydrogens is 282 g/mol. The van der Waals surface area contributed by atoms with Crippen LogP contribution in [0.15, 0.2) is 5.16 Å². The Hall–Kier alpha value is -0.620. The van der Waals surface area contributed by atoms with Crippen LogP contribution in [0.4, 0.5) is 0 Å². The minimum Gasteiger partial charge on any atom is -0.313 e. The largest absolute Gasteiger partial charge is 0.313 e. The summed E-state index contributed by atoms with van der Waals surface area (Å²) in [5.74, 6) is 0.813. The number of nitrogens with one attached hydrogen (secondary N) is 1. The number of tetrazole rings is 1. The highest BCUT2D eigenvalue weighted by Crippen LogP contribution is 2.38. The minimum atomic E-state index is 0.529. The third kappa shape index (κ3) is 3.59. The molecule has 2 aliphatic carbocycles. The lowest BCUT2D eigenvalue weighted by atomic mass is 9.87. The van der Waals surface area contributed by atoms with Gasteiger partial charge in [-0.25, -0.2) is 4.68 Å². The van der Waals surface area contributed by atoms with Gasteiger partial charge in [0.1, 0.15) is 0 Å². The normalized spacial score (nSPS) is 30.9. The van der Waals surface area contributed by atoms with Gasteiger partial charge in [0.25, 0.3) is 0 Å². The van der Waals surface area contributed by atoms with Crippen molar-refractivity contribution in [3.05, 3.63) is 0 Å². The van der Waals surface area contributed by atoms with E-state index in [1.54, 1.807) is 0 Å². The Morgan fingerprint density at radius 2 is 2.05 bits per heavy atom. The molecule has 0 bridgehead atoms. The standard InChI is InChI=1S/C15H27N5S/c1-3-16-13-9-8-11(2)10-14(13)21-15-17-18-19-20(15)12-6-4-5-7-12/h11-14,16H,3-10H2,1-2H3. The maximum atomic E-state index is 4.31. The van der Waals surface area contributed by atoms with Gasteiger partial charge in [0.05, 0.1) is 6.04 Å². The first-order valence-corrected chi connectivity index (χ1v) is 9.33. The van der Waals surface area contributed by atoms with E-state index >= 15 is 0 Å². The van der Waals surface area contributed by atoms with E-state index in [2.05, 4.69) is 39.4 Å². The van der Waals surface area contributed by atoms with Gasteiger partial charge in [-0.1, -0.05) is 38.5 Å². The highest BCUT2D eigenvalue weighted by Gasteiger charge is 2.31. The van der Waals surface area contributed by atoms with Gasteiger partial charge < -0.3 is 5.32 Å². The number of aromatic nitrogens is 4. The van der Waals surface area contributed by atoms with Crippen molar-refractivity contribution >= 4 is 11.8 Å². The molecule has 0 saturated heterocycles. The van der Waals surface area contributed by atoms with Crippen LogP contribution in [0, 0.1) is 5.92 Å². The number of thioether (sulfide) groups is 1. The first-order chi connectivity index (χ1) is 10.3. The van der Waals surface area contributed by atoms with E-state index in [1.807, 2.05) is 11.8 Å². The summed E-state index contributed by atoms with van der Waals surface area (Å²) in [4.78, 5) is 0. The molecule has 0 spiro atoms. The molecule has 6 heteroatoms. The molecule has 2 aliphatic rings. The van der Waals surface area contributed by atoms with E-state index in [0.717, 1.165) is 17.6 Å². The van der Waals surface area contributed by atoms with E-state index in [9.17, 15) is 0 Å². The van der Waals surface area contributed by atoms with Crippen LogP contribution in [-0.4, -0.2) is 38.0 Å². The van der Waals surface area contributed by atoms with Crippen molar-refractivity contribution in [3.8, 4) is 0 Å². The zero-order chi connectivity index (χ0) is 14.7. The number of hydrogen-bond acceptors (Lipinski definition) is 5. The molecule has 2 saturated carbocycles. The molecule has 118 valence electrons. The zero-order valence-electron chi connectivity index (χ0n) is 13.2. The maximum absolute atomic E-state index is 4.31. The first-order valence-electron chi connectivity index (χ1n) is 8.45. The van der Waals surface area contributed by atoms with Gasteiger partial charge in [0, 0.05) is 11.3 Å². The average molecular weight is 309 g/mol. The highest BCUT2D eigenvalue weighted by atomic mass is 32.2. The van der Waals surface area contributed by atoms with Gasteiger partial charge >= 0.3 is 0 Å². The molecule has 0 aliphatic heterocycles. The summed E-state index contributed by atoms with van der Waals surface area (Å²) in [5, 5.41) is 17.8. The van der Waals surface area contributed by atoms with Crippen molar-refractivity contribution in [1.82, 2.24) is 25.5 Å². The molecule has 0 aromatic carbocycles. The van der Waals surface area contributed by atoms with E-state index in [0.29, 0.717) is 17.3 Å². The van der Waals surface area contributed by atoms with Crippen molar-refractivity contribution in [2.75, 3.05) is 6.54 Å². The van der Waals surface area contributed by atoms with E-state index in [1.165, 1.54) is 44.9 Å². The lowest BCUT2D eigenvalue weighted by Crippen LogP contribution is -2.42. The molecule has 0 amide bonds. The van der Waals surface area contributed by atoms with E-state index in [4.69, 9.17) is 0 Å². The monoisotopic (exact) mass is 309 g/mol. The van der Waals surface area contributed by atoms with Crippen molar-refractivity contribution in [2.24, 2.45) is 5.92 Å². The molecule has 2 fully saturated rings. The predicted octanol–water partition coefficient (Wildman–Crippen LogP) is 3.05. The summed E-state index contributed by atoms with van der Waals surface area (Å²) in [6.07, 6.45) is 8.97. The predicted molar refractivity (Wildman–Crippen MR) is 85.4 cm³/mol. The lowest BCUT2D eigenvalue weighted by Gasteiger charge is -2.34. The number of rotatable bonds is 5. The zero-order valence-corrected chi connectivity index (χ0v) is 14.0. The topological polar surface area (TPSA) is 55.6 Å². The van der Waals surface area contributed by atoms with Crippen LogP contribution in [0.5, 0.6) is 0 Å². The summed E-state index contributed by atoms with van der Waals surface area (Å²) in [6, 6.07) is 1.13. The second kappa shape index (κ2) is 7.09. The highest BCUT2D eigenvalue weighted by molar-refractivity contribution is 7.99. The molecule has 21 heavy (non-hydrogen) atoms. The van der Waals surface area contributed by atoms with Gasteiger partial charge in [0.2, 0.25) is 5.16 Å². The quantitative estimate of drug-likeness (QED) is 0.906. The van der Waals surface area contributed by atoms with Crippen LogP contribution in [0.25, 0.3) is 0 Å². The SMILES string of the molecule is CCNC1CCC(C)CC1Sc1nnnn1C1CCCC1. The van der Waals surface area contributed by atoms with Gasteiger partial charge in [-0.2, -0.15) is 0 Å². The minimum absolute atomic E-state index is 0.529. The summed E-state index contributed by atoms with van der Waals surface area (Å²) in [7, 11) is 0. The molecule has 1 N–H and O–H groups in total. The van der Waals surface area contributed by atoms with Crippen molar-refractivity contribution in [2.45, 2.75) is 81.3 Å². The van der Waals surface area contributed by atoms with Crippen LogP contribution < -0.4 is 5.32 Å². The molecule has 5 nitrogen and oxygen atoms in total. The second-order valence-corrected chi connectivity index (χ2v) is 7.79. The molecule has 3 unspecified atom stereocenters. The Morgan fingerprint density at radius 3 is 2.81 bits per heavy atom. The molecule has 1 heterocycles. The van der Waals surface area contributed by atoms with Crippen LogP contribution in [-0.2, 0) is 0 Å². The van der Waals surface area contributed by atoms with Crippen LogP contribution in [0.2, 0.25) is 0 Å². The van der Waals surface area contributed by atoms with Gasteiger partial charge in [0.15, 0.2) is 0 Å². The second-order valence-electron chi connectivity index (χ2n) is 6.58. The Balaban J connectivity index is 1.70. The Bertz CT molecular complexity index is 443. The molecule has 1 aromatic heterocycles. The molecular formula is C15H27N5S. The fraction of sp³-hybridized carbons (Fsp3) is 0.933. The van der Waals surface area contributed by atoms with E-state index < -0.39 is 0 Å². The average Bonchev–Trinajstić information content (AvgIpc) is 3.12. The van der Waals surface area contributed by atoms with Crippen LogP contribution in [0.1, 0.15) is 64.8 Å². The van der Waals surface area contributed by atoms with Gasteiger partial charge in [-0.05, 0) is 55.0 Å². The fourth-order valence-electron chi connectivity index (χ4n) is 3.73. The number of nitrogens with zero attached hydrogens (tertiary/aromatic N) is 4. The van der Waals surface area contributed by atoms with Crippen molar-refractivity contribution < 1.29 is 0 Å². The maximum Gasteiger partial charge on any atom is 0.209 e. The Labute approximate surface area is 131 Å². The van der Waals surface area contributed by atoms with Gasteiger partial charge in [-0.3, -0.25) is 0 Å². The third-order valence-electron chi connectivity index (χ3n) is 4.91. The molecule has 3 atom stereocenters. The van der Waals surface area contributed by atoms with Crippen molar-refractivity contribution in [3.63, 3.8) is 0 Å². The summed E-state index contributed by atoms with van der Waals surface area (Å²) in [6.45, 7) is 5.61. The Morgan fingerprint density at radius 1 is 1.24 bits per heavy atom. The fourth-order valence-corrected chi connectivity index (χ4v) is 5.20.